The molecule has 0 aliphatic heterocycles. The molecule has 3 aromatic carbocycles. The van der Waals surface area contributed by atoms with Crippen molar-refractivity contribution in [3.8, 4) is 17.2 Å². The van der Waals surface area contributed by atoms with Crippen LogP contribution in [0, 0.1) is 34.9 Å². The van der Waals surface area contributed by atoms with E-state index in [4.69, 9.17) is 15.3 Å². The highest BCUT2D eigenvalue weighted by Crippen LogP contribution is 2.24. The van der Waals surface area contributed by atoms with Crippen LogP contribution in [0.1, 0.15) is 45.7 Å². The summed E-state index contributed by atoms with van der Waals surface area (Å²) < 4.78 is 90.2. The molecule has 3 N–H and O–H groups in total. The number of phenols is 3. The van der Waals surface area contributed by atoms with E-state index in [0.29, 0.717) is 12.2 Å². The highest BCUT2D eigenvalue weighted by Gasteiger charge is 2.11. The smallest absolute Gasteiger partial charge is 0.330 e. The van der Waals surface area contributed by atoms with Gasteiger partial charge in [0.05, 0.1) is 19.8 Å². The van der Waals surface area contributed by atoms with Gasteiger partial charge in [-0.2, -0.15) is 0 Å². The number of carbonyl (C=O) groups excluding carboxylic acids is 3. The molecule has 0 atom stereocenters. The number of phenolic OH excluding ortho intramolecular Hbond substituents is 3. The van der Waals surface area contributed by atoms with Gasteiger partial charge in [0, 0.05) is 23.0 Å². The van der Waals surface area contributed by atoms with Crippen molar-refractivity contribution in [1.82, 2.24) is 0 Å². The first-order chi connectivity index (χ1) is 23.0. The zero-order valence-electron chi connectivity index (χ0n) is 26.4. The molecule has 9 nitrogen and oxygen atoms in total. The minimum absolute atomic E-state index is 0. The van der Waals surface area contributed by atoms with E-state index in [9.17, 15) is 40.7 Å². The standard InChI is InChI=1S/C11H12F2O3.C11H10F2O3.C6H3BrF2O.C5H8O2.CH4/c2*1-2-16-10(14)4-3-7-5-8(12)11(15)9(13)6-7;7-3-1-4(8)6(10)5(9)2-3;1-3-5(6)7-4-2;/h5-6,15H,2-4H2,1H3;3-6,15H,2H2,1H3;1-2,10H;3H,1,4H2,2H3;1H4/b;4-3+;;;. The molecule has 0 fully saturated rings. The van der Waals surface area contributed by atoms with Crippen molar-refractivity contribution in [2.24, 2.45) is 0 Å². The van der Waals surface area contributed by atoms with Crippen LogP contribution in [-0.2, 0) is 35.0 Å². The van der Waals surface area contributed by atoms with Gasteiger partial charge < -0.3 is 29.5 Å². The lowest BCUT2D eigenvalue weighted by Crippen LogP contribution is -2.05. The summed E-state index contributed by atoms with van der Waals surface area (Å²) in [6.07, 6.45) is 3.62. The normalized spacial score (nSPS) is 9.72. The highest BCUT2D eigenvalue weighted by atomic mass is 79.9. The number of benzene rings is 3. The molecule has 0 bridgehead atoms. The molecule has 276 valence electrons. The lowest BCUT2D eigenvalue weighted by molar-refractivity contribution is -0.143. The highest BCUT2D eigenvalue weighted by molar-refractivity contribution is 9.10. The summed E-state index contributed by atoms with van der Waals surface area (Å²) in [5.41, 5.74) is 0.432. The fourth-order valence-electron chi connectivity index (χ4n) is 3.01. The average Bonchev–Trinajstić information content (AvgIpc) is 3.04. The topological polar surface area (TPSA) is 140 Å². The number of esters is 3. The number of aryl methyl sites for hydroxylation is 1. The summed E-state index contributed by atoms with van der Waals surface area (Å²) >= 11 is 2.86. The minimum Gasteiger partial charge on any atom is -0.503 e. The monoisotopic (exact) mass is 782 g/mol. The third kappa shape index (κ3) is 18.5. The van der Waals surface area contributed by atoms with E-state index in [2.05, 4.69) is 36.7 Å². The Morgan fingerprint density at radius 3 is 1.44 bits per heavy atom. The molecule has 0 heterocycles. The maximum Gasteiger partial charge on any atom is 0.330 e. The van der Waals surface area contributed by atoms with Crippen molar-refractivity contribution in [3.63, 3.8) is 0 Å². The van der Waals surface area contributed by atoms with Crippen LogP contribution in [0.25, 0.3) is 6.08 Å². The fourth-order valence-corrected chi connectivity index (χ4v) is 3.42. The fraction of sp³-hybridized carbons (Fsp3) is 0.265. The lowest BCUT2D eigenvalue weighted by atomic mass is 10.1. The molecular formula is C34H37BrF6O9. The Kier molecular flexibility index (Phi) is 23.6. The SMILES string of the molecule is C.C=CC(=O)OCC.CCOC(=O)/C=C/c1cc(F)c(O)c(F)c1.CCOC(=O)CCc1cc(F)c(O)c(F)c1.Oc1c(F)cc(Br)cc1F. The van der Waals surface area contributed by atoms with Gasteiger partial charge in [-0.15, -0.1) is 0 Å². The van der Waals surface area contributed by atoms with E-state index in [1.54, 1.807) is 20.8 Å². The number of carbonyl (C=O) groups is 3. The van der Waals surface area contributed by atoms with Gasteiger partial charge in [-0.3, -0.25) is 4.79 Å². The number of hydrogen-bond donors (Lipinski definition) is 3. The van der Waals surface area contributed by atoms with Gasteiger partial charge in [-0.25, -0.2) is 35.9 Å². The van der Waals surface area contributed by atoms with Gasteiger partial charge in [0.15, 0.2) is 52.2 Å². The summed E-state index contributed by atoms with van der Waals surface area (Å²) in [6, 6.07) is 5.79. The Morgan fingerprint density at radius 1 is 0.680 bits per heavy atom. The minimum atomic E-state index is -1.08. The molecule has 0 radical (unpaired) electrons. The first-order valence-electron chi connectivity index (χ1n) is 14.0. The summed E-state index contributed by atoms with van der Waals surface area (Å²) in [5.74, 6) is -10.5. The maximum atomic E-state index is 12.9. The molecule has 16 heteroatoms. The number of hydrogen-bond acceptors (Lipinski definition) is 9. The second-order valence-corrected chi connectivity index (χ2v) is 9.72. The zero-order chi connectivity index (χ0) is 37.7. The van der Waals surface area contributed by atoms with Gasteiger partial charge in [-0.05, 0) is 80.8 Å². The van der Waals surface area contributed by atoms with E-state index < -0.39 is 64.1 Å². The van der Waals surface area contributed by atoms with Crippen molar-refractivity contribution in [2.45, 2.75) is 41.0 Å². The van der Waals surface area contributed by atoms with E-state index in [1.807, 2.05) is 0 Å². The van der Waals surface area contributed by atoms with Crippen molar-refractivity contribution in [1.29, 1.82) is 0 Å². The van der Waals surface area contributed by atoms with Crippen LogP contribution in [0.5, 0.6) is 17.2 Å². The van der Waals surface area contributed by atoms with Crippen LogP contribution in [0.2, 0.25) is 0 Å². The van der Waals surface area contributed by atoms with Crippen LogP contribution < -0.4 is 0 Å². The van der Waals surface area contributed by atoms with Crippen molar-refractivity contribution < 1.29 is 70.3 Å². The Balaban J connectivity index is 0. The third-order valence-corrected chi connectivity index (χ3v) is 5.63. The van der Waals surface area contributed by atoms with Crippen LogP contribution in [0.15, 0.2) is 59.6 Å². The predicted octanol–water partition coefficient (Wildman–Crippen LogP) is 8.22. The molecule has 0 aliphatic carbocycles. The second kappa shape index (κ2) is 25.0. The first-order valence-corrected chi connectivity index (χ1v) is 14.8. The van der Waals surface area contributed by atoms with Crippen LogP contribution >= 0.6 is 15.9 Å². The van der Waals surface area contributed by atoms with E-state index in [0.717, 1.165) is 48.6 Å². The number of halogens is 7. The molecular weight excluding hydrogens is 746 g/mol. The van der Waals surface area contributed by atoms with Gasteiger partial charge in [0.25, 0.3) is 0 Å². The lowest BCUT2D eigenvalue weighted by Gasteiger charge is -2.04. The summed E-state index contributed by atoms with van der Waals surface area (Å²) in [5, 5.41) is 26.2. The number of aromatic hydroxyl groups is 3. The predicted molar refractivity (Wildman–Crippen MR) is 176 cm³/mol. The molecule has 0 amide bonds. The molecule has 0 spiro atoms. The van der Waals surface area contributed by atoms with E-state index >= 15 is 0 Å². The van der Waals surface area contributed by atoms with Gasteiger partial charge in [0.2, 0.25) is 0 Å². The Labute approximate surface area is 293 Å². The van der Waals surface area contributed by atoms with Gasteiger partial charge in [-0.1, -0.05) is 29.9 Å². The third-order valence-electron chi connectivity index (χ3n) is 5.17. The van der Waals surface area contributed by atoms with Crippen LogP contribution in [0.3, 0.4) is 0 Å². The molecule has 3 aromatic rings. The van der Waals surface area contributed by atoms with E-state index in [1.165, 1.54) is 6.08 Å². The van der Waals surface area contributed by atoms with Crippen molar-refractivity contribution >= 4 is 39.9 Å². The van der Waals surface area contributed by atoms with Crippen molar-refractivity contribution in [2.75, 3.05) is 19.8 Å². The van der Waals surface area contributed by atoms with Crippen molar-refractivity contribution in [3.05, 3.63) is 106 Å². The maximum absolute atomic E-state index is 12.9. The van der Waals surface area contributed by atoms with Gasteiger partial charge in [0.1, 0.15) is 0 Å². The number of rotatable bonds is 9. The molecule has 50 heavy (non-hydrogen) atoms. The zero-order valence-corrected chi connectivity index (χ0v) is 28.0. The molecule has 0 unspecified atom stereocenters. The Hall–Kier alpha value is -4.99. The van der Waals surface area contributed by atoms with Crippen LogP contribution in [0.4, 0.5) is 26.3 Å². The molecule has 3 rings (SSSR count). The quantitative estimate of drug-likeness (QED) is 0.0848. The molecule has 0 saturated carbocycles. The summed E-state index contributed by atoms with van der Waals surface area (Å²) in [7, 11) is 0. The molecule has 0 aliphatic rings. The number of ether oxygens (including phenoxy) is 3. The first kappa shape index (κ1) is 47.1. The largest absolute Gasteiger partial charge is 0.503 e. The van der Waals surface area contributed by atoms with Crippen LogP contribution in [-0.4, -0.2) is 53.0 Å². The Morgan fingerprint density at radius 2 is 1.06 bits per heavy atom. The Bertz CT molecular complexity index is 1530. The second-order valence-electron chi connectivity index (χ2n) is 8.81. The molecule has 0 aromatic heterocycles. The van der Waals surface area contributed by atoms with Gasteiger partial charge >= 0.3 is 17.9 Å². The van der Waals surface area contributed by atoms with E-state index in [-0.39, 0.29) is 49.5 Å². The average molecular weight is 784 g/mol. The summed E-state index contributed by atoms with van der Waals surface area (Å²) in [4.78, 5) is 32.0. The summed E-state index contributed by atoms with van der Waals surface area (Å²) in [6.45, 7) is 9.20. The molecule has 0 saturated heterocycles.